The van der Waals surface area contributed by atoms with E-state index in [9.17, 15) is 4.79 Å². The minimum atomic E-state index is 0.0771. The molecule has 0 bridgehead atoms. The molecule has 0 spiro atoms. The molecule has 0 saturated heterocycles. The Kier molecular flexibility index (Phi) is 6.87. The number of aryl methyl sites for hydroxylation is 2. The Morgan fingerprint density at radius 2 is 1.77 bits per heavy atom. The number of hydrogen-bond acceptors (Lipinski definition) is 4. The third-order valence-electron chi connectivity index (χ3n) is 7.60. The minimum absolute atomic E-state index is 0.0771. The fourth-order valence-corrected chi connectivity index (χ4v) is 5.32. The SMILES string of the molecule is Cc1cccc(N2CN(CCC3=CCCCC3)Cn3c2nc(C)c(Cc2ccccc2)c3=O)c1C. The predicted octanol–water partition coefficient (Wildman–Crippen LogP) is 6.02. The molecule has 0 saturated carbocycles. The van der Waals surface area contributed by atoms with E-state index in [-0.39, 0.29) is 5.56 Å². The molecule has 0 fully saturated rings. The third-order valence-corrected chi connectivity index (χ3v) is 7.60. The first-order valence-corrected chi connectivity index (χ1v) is 12.9. The van der Waals surface area contributed by atoms with Gasteiger partial charge in [-0.2, -0.15) is 0 Å². The lowest BCUT2D eigenvalue weighted by molar-refractivity contribution is 0.199. The Balaban J connectivity index is 1.53. The van der Waals surface area contributed by atoms with Crippen LogP contribution in [0.3, 0.4) is 0 Å². The number of hydrogen-bond donors (Lipinski definition) is 0. The van der Waals surface area contributed by atoms with Gasteiger partial charge >= 0.3 is 0 Å². The van der Waals surface area contributed by atoms with Gasteiger partial charge < -0.3 is 0 Å². The van der Waals surface area contributed by atoms with Crippen LogP contribution in [0.2, 0.25) is 0 Å². The highest BCUT2D eigenvalue weighted by atomic mass is 16.1. The van der Waals surface area contributed by atoms with Crippen molar-refractivity contribution < 1.29 is 0 Å². The van der Waals surface area contributed by atoms with E-state index in [1.54, 1.807) is 5.57 Å². The molecule has 2 aromatic carbocycles. The summed E-state index contributed by atoms with van der Waals surface area (Å²) in [6.07, 6.45) is 9.14. The lowest BCUT2D eigenvalue weighted by atomic mass is 9.97. The summed E-state index contributed by atoms with van der Waals surface area (Å²) in [4.78, 5) is 23.5. The summed E-state index contributed by atoms with van der Waals surface area (Å²) < 4.78 is 1.89. The van der Waals surface area contributed by atoms with Crippen LogP contribution in [0.25, 0.3) is 0 Å². The molecule has 2 aliphatic rings. The fourth-order valence-electron chi connectivity index (χ4n) is 5.32. The summed E-state index contributed by atoms with van der Waals surface area (Å²) in [7, 11) is 0. The number of allylic oxidation sites excluding steroid dienone is 1. The summed E-state index contributed by atoms with van der Waals surface area (Å²) in [6, 6.07) is 16.6. The summed E-state index contributed by atoms with van der Waals surface area (Å²) in [5.41, 5.74) is 8.00. The van der Waals surface area contributed by atoms with E-state index in [4.69, 9.17) is 4.98 Å². The normalized spacial score (nSPS) is 16.2. The van der Waals surface area contributed by atoms with Gasteiger partial charge in [-0.25, -0.2) is 4.98 Å². The second kappa shape index (κ2) is 10.2. The zero-order valence-electron chi connectivity index (χ0n) is 21.3. The fraction of sp³-hybridized carbons (Fsp3) is 0.400. The Bertz CT molecular complexity index is 1290. The van der Waals surface area contributed by atoms with Crippen LogP contribution in [0.4, 0.5) is 11.6 Å². The molecule has 35 heavy (non-hydrogen) atoms. The summed E-state index contributed by atoms with van der Waals surface area (Å²) >= 11 is 0. The van der Waals surface area contributed by atoms with Crippen molar-refractivity contribution in [3.8, 4) is 0 Å². The minimum Gasteiger partial charge on any atom is -0.298 e. The third kappa shape index (κ3) is 4.96. The topological polar surface area (TPSA) is 41.4 Å². The molecule has 0 unspecified atom stereocenters. The number of fused-ring (bicyclic) bond motifs is 1. The molecule has 0 atom stereocenters. The molecule has 2 heterocycles. The highest BCUT2D eigenvalue weighted by Crippen LogP contribution is 2.32. The number of aromatic nitrogens is 2. The van der Waals surface area contributed by atoms with Crippen molar-refractivity contribution >= 4 is 11.6 Å². The number of benzene rings is 2. The quantitative estimate of drug-likeness (QED) is 0.415. The first-order chi connectivity index (χ1) is 17.0. The lowest BCUT2D eigenvalue weighted by Gasteiger charge is -2.39. The van der Waals surface area contributed by atoms with E-state index in [0.717, 1.165) is 48.1 Å². The molecule has 5 heteroatoms. The largest absolute Gasteiger partial charge is 0.298 e. The van der Waals surface area contributed by atoms with Crippen LogP contribution < -0.4 is 10.5 Å². The molecule has 0 radical (unpaired) electrons. The maximum absolute atomic E-state index is 13.9. The molecule has 182 valence electrons. The van der Waals surface area contributed by atoms with Crippen molar-refractivity contribution in [1.82, 2.24) is 14.5 Å². The van der Waals surface area contributed by atoms with E-state index in [0.29, 0.717) is 13.1 Å². The van der Waals surface area contributed by atoms with E-state index >= 15 is 0 Å². The second-order valence-electron chi connectivity index (χ2n) is 10.1. The number of anilines is 2. The smallest absolute Gasteiger partial charge is 0.259 e. The van der Waals surface area contributed by atoms with Gasteiger partial charge in [-0.05, 0) is 75.6 Å². The van der Waals surface area contributed by atoms with E-state index in [2.05, 4.69) is 60.1 Å². The van der Waals surface area contributed by atoms with E-state index in [1.165, 1.54) is 36.8 Å². The van der Waals surface area contributed by atoms with E-state index in [1.807, 2.05) is 29.7 Å². The molecule has 0 N–H and O–H groups in total. The van der Waals surface area contributed by atoms with Crippen molar-refractivity contribution in [3.05, 3.63) is 98.5 Å². The number of rotatable bonds is 6. The second-order valence-corrected chi connectivity index (χ2v) is 10.1. The van der Waals surface area contributed by atoms with Gasteiger partial charge in [-0.3, -0.25) is 19.2 Å². The van der Waals surface area contributed by atoms with Crippen LogP contribution in [0.5, 0.6) is 0 Å². The zero-order valence-corrected chi connectivity index (χ0v) is 21.3. The van der Waals surface area contributed by atoms with Gasteiger partial charge in [0.2, 0.25) is 5.95 Å². The van der Waals surface area contributed by atoms with Crippen molar-refractivity contribution in [3.63, 3.8) is 0 Å². The predicted molar refractivity (Wildman–Crippen MR) is 143 cm³/mol. The van der Waals surface area contributed by atoms with Crippen LogP contribution in [0.1, 0.15) is 60.1 Å². The monoisotopic (exact) mass is 468 g/mol. The first-order valence-electron chi connectivity index (χ1n) is 12.9. The van der Waals surface area contributed by atoms with Gasteiger partial charge in [0.05, 0.1) is 19.0 Å². The Labute approximate surface area is 208 Å². The molecule has 0 amide bonds. The molecule has 1 aliphatic heterocycles. The molecular formula is C30H36N4O. The highest BCUT2D eigenvalue weighted by Gasteiger charge is 2.29. The lowest BCUT2D eigenvalue weighted by Crippen LogP contribution is -2.48. The van der Waals surface area contributed by atoms with Crippen LogP contribution >= 0.6 is 0 Å². The van der Waals surface area contributed by atoms with Crippen LogP contribution in [-0.4, -0.2) is 27.7 Å². The Morgan fingerprint density at radius 3 is 2.54 bits per heavy atom. The van der Waals surface area contributed by atoms with Crippen LogP contribution in [0, 0.1) is 20.8 Å². The summed E-state index contributed by atoms with van der Waals surface area (Å²) in [5, 5.41) is 0. The Morgan fingerprint density at radius 1 is 0.943 bits per heavy atom. The van der Waals surface area contributed by atoms with E-state index < -0.39 is 0 Å². The number of nitrogens with zero attached hydrogens (tertiary/aromatic N) is 4. The van der Waals surface area contributed by atoms with Crippen LogP contribution in [0.15, 0.2) is 65.0 Å². The summed E-state index contributed by atoms with van der Waals surface area (Å²) in [5.74, 6) is 0.756. The Hall–Kier alpha value is -3.18. The summed E-state index contributed by atoms with van der Waals surface area (Å²) in [6.45, 7) is 8.55. The maximum Gasteiger partial charge on any atom is 0.259 e. The van der Waals surface area contributed by atoms with Gasteiger partial charge in [-0.1, -0.05) is 54.1 Å². The van der Waals surface area contributed by atoms with Gasteiger partial charge in [0.15, 0.2) is 0 Å². The van der Waals surface area contributed by atoms with Crippen molar-refractivity contribution in [2.24, 2.45) is 0 Å². The van der Waals surface area contributed by atoms with Gasteiger partial charge in [-0.15, -0.1) is 0 Å². The van der Waals surface area contributed by atoms with Gasteiger partial charge in [0, 0.05) is 24.2 Å². The van der Waals surface area contributed by atoms with Gasteiger partial charge in [0.1, 0.15) is 0 Å². The first kappa shape index (κ1) is 23.6. The molecular weight excluding hydrogens is 432 g/mol. The van der Waals surface area contributed by atoms with Crippen LogP contribution in [-0.2, 0) is 13.1 Å². The van der Waals surface area contributed by atoms with Crippen molar-refractivity contribution in [1.29, 1.82) is 0 Å². The molecule has 5 nitrogen and oxygen atoms in total. The highest BCUT2D eigenvalue weighted by molar-refractivity contribution is 5.64. The standard InChI is InChI=1S/C30H36N4O/c1-22-11-10-16-28(23(22)2)33-20-32(18-17-25-12-6-4-7-13-25)21-34-29(35)27(24(3)31-30(33)34)19-26-14-8-5-9-15-26/h5,8-12,14-16H,4,6-7,13,17-21H2,1-3H3. The van der Waals surface area contributed by atoms with Crippen molar-refractivity contribution in [2.45, 2.75) is 66.0 Å². The molecule has 5 rings (SSSR count). The van der Waals surface area contributed by atoms with Crippen molar-refractivity contribution in [2.75, 3.05) is 18.1 Å². The average Bonchev–Trinajstić information content (AvgIpc) is 2.88. The van der Waals surface area contributed by atoms with Gasteiger partial charge in [0.25, 0.3) is 5.56 Å². The average molecular weight is 469 g/mol. The molecule has 3 aromatic rings. The molecule has 1 aromatic heterocycles. The zero-order chi connectivity index (χ0) is 24.4. The molecule has 1 aliphatic carbocycles. The maximum atomic E-state index is 13.9.